The molecule has 1 aliphatic heterocycles. The van der Waals surface area contributed by atoms with E-state index in [0.29, 0.717) is 5.56 Å². The van der Waals surface area contributed by atoms with Crippen molar-refractivity contribution in [2.75, 3.05) is 31.1 Å². The Labute approximate surface area is 132 Å². The minimum Gasteiger partial charge on any atom is -0.368 e. The summed E-state index contributed by atoms with van der Waals surface area (Å²) >= 11 is 0. The Morgan fingerprint density at radius 3 is 2.23 bits per heavy atom. The summed E-state index contributed by atoms with van der Waals surface area (Å²) in [5.41, 5.74) is 6.84. The lowest BCUT2D eigenvalue weighted by molar-refractivity contribution is -0.135. The molecule has 1 aromatic carbocycles. The number of anilines is 1. The van der Waals surface area contributed by atoms with Crippen LogP contribution in [0, 0.1) is 5.92 Å². The van der Waals surface area contributed by atoms with Crippen molar-refractivity contribution in [3.63, 3.8) is 0 Å². The number of hydrogen-bond donors (Lipinski definition) is 1. The molecular formula is C17H25N3O2. The molecule has 0 spiro atoms. The first-order valence-corrected chi connectivity index (χ1v) is 7.96. The fraction of sp³-hybridized carbons (Fsp3) is 0.529. The highest BCUT2D eigenvalue weighted by molar-refractivity contribution is 5.93. The summed E-state index contributed by atoms with van der Waals surface area (Å²) in [7, 11) is 0. The van der Waals surface area contributed by atoms with Gasteiger partial charge in [0.15, 0.2) is 0 Å². The minimum atomic E-state index is -0.410. The predicted molar refractivity (Wildman–Crippen MR) is 87.8 cm³/mol. The van der Waals surface area contributed by atoms with E-state index in [2.05, 4.69) is 11.8 Å². The molecule has 0 aromatic heterocycles. The summed E-state index contributed by atoms with van der Waals surface area (Å²) < 4.78 is 0. The van der Waals surface area contributed by atoms with E-state index in [4.69, 9.17) is 5.73 Å². The third kappa shape index (κ3) is 3.78. The lowest BCUT2D eigenvalue weighted by Gasteiger charge is -2.37. The molecular weight excluding hydrogens is 278 g/mol. The van der Waals surface area contributed by atoms with Crippen LogP contribution < -0.4 is 10.6 Å². The maximum Gasteiger partial charge on any atom is 0.248 e. The van der Waals surface area contributed by atoms with E-state index in [9.17, 15) is 9.59 Å². The number of hydrogen-bond acceptors (Lipinski definition) is 3. The summed E-state index contributed by atoms with van der Waals surface area (Å²) in [6.45, 7) is 7.27. The van der Waals surface area contributed by atoms with E-state index >= 15 is 0 Å². The molecule has 2 rings (SSSR count). The fourth-order valence-corrected chi connectivity index (χ4v) is 2.89. The fourth-order valence-electron chi connectivity index (χ4n) is 2.89. The molecule has 1 heterocycles. The number of rotatable bonds is 5. The molecule has 5 heteroatoms. The molecule has 1 unspecified atom stereocenters. The summed E-state index contributed by atoms with van der Waals surface area (Å²) in [6.07, 6.45) is 1.99. The van der Waals surface area contributed by atoms with Crippen LogP contribution in [0.15, 0.2) is 24.3 Å². The molecule has 1 fully saturated rings. The maximum absolute atomic E-state index is 12.3. The van der Waals surface area contributed by atoms with Crippen molar-refractivity contribution in [1.82, 2.24) is 4.90 Å². The first kappa shape index (κ1) is 16.3. The summed E-state index contributed by atoms with van der Waals surface area (Å²) in [5.74, 6) is -0.0242. The Morgan fingerprint density at radius 1 is 1.14 bits per heavy atom. The first-order valence-electron chi connectivity index (χ1n) is 7.96. The Hall–Kier alpha value is -2.04. The Morgan fingerprint density at radius 2 is 1.73 bits per heavy atom. The van der Waals surface area contributed by atoms with Crippen LogP contribution in [-0.2, 0) is 4.79 Å². The van der Waals surface area contributed by atoms with Gasteiger partial charge in [-0.15, -0.1) is 0 Å². The second-order valence-corrected chi connectivity index (χ2v) is 5.91. The van der Waals surface area contributed by atoms with Crippen LogP contribution in [0.3, 0.4) is 0 Å². The standard InChI is InChI=1S/C17H25N3O2/c1-3-4-13(2)17(22)20-11-9-19(10-12-20)15-7-5-14(6-8-15)16(18)21/h5-8,13H,3-4,9-12H2,1-2H3,(H2,18,21). The van der Waals surface area contributed by atoms with E-state index < -0.39 is 5.91 Å². The lowest BCUT2D eigenvalue weighted by Crippen LogP contribution is -2.50. The highest BCUT2D eigenvalue weighted by Gasteiger charge is 2.24. The minimum absolute atomic E-state index is 0.117. The molecule has 1 aromatic rings. The van der Waals surface area contributed by atoms with Gasteiger partial charge in [-0.3, -0.25) is 9.59 Å². The van der Waals surface area contributed by atoms with Gasteiger partial charge in [0, 0.05) is 43.3 Å². The molecule has 120 valence electrons. The second kappa shape index (κ2) is 7.29. The van der Waals surface area contributed by atoms with E-state index in [1.807, 2.05) is 24.0 Å². The average molecular weight is 303 g/mol. The van der Waals surface area contributed by atoms with Crippen LogP contribution in [0.2, 0.25) is 0 Å². The predicted octanol–water partition coefficient (Wildman–Crippen LogP) is 1.87. The average Bonchev–Trinajstić information content (AvgIpc) is 2.54. The topological polar surface area (TPSA) is 66.6 Å². The number of primary amides is 1. The molecule has 0 saturated carbocycles. The number of amides is 2. The molecule has 0 bridgehead atoms. The number of carbonyl (C=O) groups excluding carboxylic acids is 2. The third-order valence-electron chi connectivity index (χ3n) is 4.25. The number of benzene rings is 1. The van der Waals surface area contributed by atoms with Gasteiger partial charge in [0.05, 0.1) is 0 Å². The van der Waals surface area contributed by atoms with Gasteiger partial charge in [-0.05, 0) is 30.7 Å². The zero-order chi connectivity index (χ0) is 16.1. The number of nitrogens with two attached hydrogens (primary N) is 1. The van der Waals surface area contributed by atoms with Crippen LogP contribution >= 0.6 is 0 Å². The van der Waals surface area contributed by atoms with Crippen molar-refractivity contribution in [1.29, 1.82) is 0 Å². The Balaban J connectivity index is 1.91. The van der Waals surface area contributed by atoms with Gasteiger partial charge in [0.1, 0.15) is 0 Å². The molecule has 2 N–H and O–H groups in total. The number of nitrogens with zero attached hydrogens (tertiary/aromatic N) is 2. The quantitative estimate of drug-likeness (QED) is 0.903. The van der Waals surface area contributed by atoms with Crippen molar-refractivity contribution in [2.45, 2.75) is 26.7 Å². The zero-order valence-electron chi connectivity index (χ0n) is 13.4. The largest absolute Gasteiger partial charge is 0.368 e. The number of piperazine rings is 1. The van der Waals surface area contributed by atoms with Gasteiger partial charge in [-0.2, -0.15) is 0 Å². The van der Waals surface area contributed by atoms with Crippen LogP contribution in [-0.4, -0.2) is 42.9 Å². The van der Waals surface area contributed by atoms with Crippen LogP contribution in [0.5, 0.6) is 0 Å². The maximum atomic E-state index is 12.3. The van der Waals surface area contributed by atoms with E-state index in [1.165, 1.54) is 0 Å². The van der Waals surface area contributed by atoms with E-state index in [1.54, 1.807) is 12.1 Å². The van der Waals surface area contributed by atoms with Crippen molar-refractivity contribution < 1.29 is 9.59 Å². The highest BCUT2D eigenvalue weighted by Crippen LogP contribution is 2.19. The van der Waals surface area contributed by atoms with Crippen LogP contribution in [0.25, 0.3) is 0 Å². The molecule has 22 heavy (non-hydrogen) atoms. The molecule has 1 aliphatic rings. The van der Waals surface area contributed by atoms with E-state index in [0.717, 1.165) is 44.7 Å². The SMILES string of the molecule is CCCC(C)C(=O)N1CCN(c2ccc(C(N)=O)cc2)CC1. The smallest absolute Gasteiger partial charge is 0.248 e. The van der Waals surface area contributed by atoms with Crippen LogP contribution in [0.4, 0.5) is 5.69 Å². The van der Waals surface area contributed by atoms with E-state index in [-0.39, 0.29) is 11.8 Å². The first-order chi connectivity index (χ1) is 10.5. The highest BCUT2D eigenvalue weighted by atomic mass is 16.2. The van der Waals surface area contributed by atoms with Crippen LogP contribution in [0.1, 0.15) is 37.0 Å². The van der Waals surface area contributed by atoms with Gasteiger partial charge in [0.25, 0.3) is 0 Å². The summed E-state index contributed by atoms with van der Waals surface area (Å²) in [5, 5.41) is 0. The molecule has 0 aliphatic carbocycles. The zero-order valence-corrected chi connectivity index (χ0v) is 13.4. The van der Waals surface area contributed by atoms with Crippen molar-refractivity contribution >= 4 is 17.5 Å². The summed E-state index contributed by atoms with van der Waals surface area (Å²) in [6, 6.07) is 7.32. The summed E-state index contributed by atoms with van der Waals surface area (Å²) in [4.78, 5) is 27.6. The monoisotopic (exact) mass is 303 g/mol. The van der Waals surface area contributed by atoms with Gasteiger partial charge in [0.2, 0.25) is 11.8 Å². The second-order valence-electron chi connectivity index (χ2n) is 5.91. The van der Waals surface area contributed by atoms with Gasteiger partial charge in [-0.25, -0.2) is 0 Å². The van der Waals surface area contributed by atoms with Gasteiger partial charge < -0.3 is 15.5 Å². The van der Waals surface area contributed by atoms with Gasteiger partial charge >= 0.3 is 0 Å². The molecule has 1 atom stereocenters. The van der Waals surface area contributed by atoms with Crippen molar-refractivity contribution in [3.8, 4) is 0 Å². The third-order valence-corrected chi connectivity index (χ3v) is 4.25. The number of carbonyl (C=O) groups is 2. The molecule has 1 saturated heterocycles. The van der Waals surface area contributed by atoms with Crippen molar-refractivity contribution in [3.05, 3.63) is 29.8 Å². The van der Waals surface area contributed by atoms with Gasteiger partial charge in [-0.1, -0.05) is 20.3 Å². The van der Waals surface area contributed by atoms with Crippen molar-refractivity contribution in [2.24, 2.45) is 11.7 Å². The lowest BCUT2D eigenvalue weighted by atomic mass is 10.0. The molecule has 5 nitrogen and oxygen atoms in total. The molecule has 2 amide bonds. The normalized spacial score (nSPS) is 16.5. The molecule has 0 radical (unpaired) electrons. The Bertz CT molecular complexity index is 519. The Kier molecular flexibility index (Phi) is 5.41.